The molecular formula is C32H32N2O7. The van der Waals surface area contributed by atoms with Crippen molar-refractivity contribution in [3.8, 4) is 11.1 Å². The molecule has 5 rings (SSSR count). The van der Waals surface area contributed by atoms with E-state index in [0.717, 1.165) is 27.8 Å². The van der Waals surface area contributed by atoms with Gasteiger partial charge in [0.05, 0.1) is 12.3 Å². The van der Waals surface area contributed by atoms with E-state index in [4.69, 9.17) is 9.47 Å². The van der Waals surface area contributed by atoms with Crippen molar-refractivity contribution in [3.63, 3.8) is 0 Å². The molecule has 0 aromatic heterocycles. The van der Waals surface area contributed by atoms with Gasteiger partial charge < -0.3 is 24.8 Å². The largest absolute Gasteiger partial charge is 0.481 e. The summed E-state index contributed by atoms with van der Waals surface area (Å²) in [7, 11) is 0. The third kappa shape index (κ3) is 6.57. The van der Waals surface area contributed by atoms with Crippen LogP contribution in [0.4, 0.5) is 4.79 Å². The molecule has 2 atom stereocenters. The van der Waals surface area contributed by atoms with Gasteiger partial charge in [-0.2, -0.15) is 0 Å². The quantitative estimate of drug-likeness (QED) is 0.376. The Morgan fingerprint density at radius 3 is 2.17 bits per heavy atom. The van der Waals surface area contributed by atoms with Gasteiger partial charge in [0.2, 0.25) is 5.91 Å². The number of piperidine rings is 1. The molecule has 0 radical (unpaired) electrons. The average molecular weight is 557 g/mol. The van der Waals surface area contributed by atoms with Crippen LogP contribution in [0, 0.1) is 5.92 Å². The fourth-order valence-corrected chi connectivity index (χ4v) is 5.55. The Labute approximate surface area is 238 Å². The van der Waals surface area contributed by atoms with Gasteiger partial charge in [-0.3, -0.25) is 14.4 Å². The fraction of sp³-hybridized carbons (Fsp3) is 0.312. The van der Waals surface area contributed by atoms with Gasteiger partial charge >= 0.3 is 18.0 Å². The highest BCUT2D eigenvalue weighted by atomic mass is 16.5. The number of hydrogen-bond donors (Lipinski definition) is 2. The highest BCUT2D eigenvalue weighted by Crippen LogP contribution is 2.44. The van der Waals surface area contributed by atoms with Crippen molar-refractivity contribution in [1.82, 2.24) is 10.2 Å². The van der Waals surface area contributed by atoms with Crippen LogP contribution in [0.3, 0.4) is 0 Å². The number of hydrogen-bond acceptors (Lipinski definition) is 6. The Balaban J connectivity index is 1.26. The van der Waals surface area contributed by atoms with E-state index in [1.54, 1.807) is 0 Å². The normalized spacial score (nSPS) is 16.7. The van der Waals surface area contributed by atoms with E-state index in [1.165, 1.54) is 4.90 Å². The number of fused-ring (bicyclic) bond motifs is 3. The van der Waals surface area contributed by atoms with Crippen LogP contribution in [-0.4, -0.2) is 59.7 Å². The fourth-order valence-electron chi connectivity index (χ4n) is 5.55. The first-order valence-electron chi connectivity index (χ1n) is 13.7. The predicted molar refractivity (Wildman–Crippen MR) is 150 cm³/mol. The standard InChI is InChI=1S/C32H32N2O7/c35-29(40-19-21-9-2-1-3-10-21)17-28(30(36)34-16-8-11-22(18-34)31(37)38)33-32(39)41-20-27-25-14-6-4-12-23(25)24-13-5-7-15-26(24)27/h1-7,9-10,12-15,22,27-28H,8,11,16-20H2,(H,33,39)(H,37,38)/t22-,28+/m1/s1. The van der Waals surface area contributed by atoms with Crippen LogP contribution >= 0.6 is 0 Å². The molecule has 1 aliphatic carbocycles. The number of carboxylic acids is 1. The van der Waals surface area contributed by atoms with E-state index in [1.807, 2.05) is 78.9 Å². The van der Waals surface area contributed by atoms with E-state index in [-0.39, 0.29) is 25.7 Å². The van der Waals surface area contributed by atoms with Gasteiger partial charge in [0, 0.05) is 19.0 Å². The number of benzene rings is 3. The van der Waals surface area contributed by atoms with E-state index >= 15 is 0 Å². The molecule has 9 heteroatoms. The maximum absolute atomic E-state index is 13.5. The zero-order chi connectivity index (χ0) is 28.8. The minimum absolute atomic E-state index is 0.0100. The number of amides is 2. The summed E-state index contributed by atoms with van der Waals surface area (Å²) in [5.41, 5.74) is 5.06. The highest BCUT2D eigenvalue weighted by molar-refractivity contribution is 5.90. The van der Waals surface area contributed by atoms with Gasteiger partial charge in [-0.1, -0.05) is 78.9 Å². The predicted octanol–water partition coefficient (Wildman–Crippen LogP) is 4.35. The molecule has 0 unspecified atom stereocenters. The number of carbonyl (C=O) groups is 4. The molecule has 3 aromatic carbocycles. The Kier molecular flexibility index (Phi) is 8.62. The summed E-state index contributed by atoms with van der Waals surface area (Å²) in [6.45, 7) is 0.418. The number of alkyl carbamates (subject to hydrolysis) is 1. The molecule has 212 valence electrons. The number of nitrogens with zero attached hydrogens (tertiary/aromatic N) is 1. The van der Waals surface area contributed by atoms with Crippen molar-refractivity contribution in [1.29, 1.82) is 0 Å². The second kappa shape index (κ2) is 12.7. The maximum Gasteiger partial charge on any atom is 0.407 e. The smallest absolute Gasteiger partial charge is 0.407 e. The molecule has 1 fully saturated rings. The number of likely N-dealkylation sites (tertiary alicyclic amines) is 1. The topological polar surface area (TPSA) is 122 Å². The molecule has 0 saturated carbocycles. The van der Waals surface area contributed by atoms with Crippen LogP contribution in [-0.2, 0) is 30.5 Å². The summed E-state index contributed by atoms with van der Waals surface area (Å²) < 4.78 is 11.0. The molecule has 1 heterocycles. The number of carbonyl (C=O) groups excluding carboxylic acids is 3. The number of rotatable bonds is 9. The van der Waals surface area contributed by atoms with Crippen LogP contribution in [0.1, 0.15) is 41.9 Å². The van der Waals surface area contributed by atoms with Gasteiger partial charge in [-0.05, 0) is 40.7 Å². The molecule has 41 heavy (non-hydrogen) atoms. The second-order valence-electron chi connectivity index (χ2n) is 10.3. The Morgan fingerprint density at radius 2 is 1.51 bits per heavy atom. The number of esters is 1. The first-order valence-corrected chi connectivity index (χ1v) is 13.7. The SMILES string of the molecule is O=C(C[C@H](NC(=O)OCC1c2ccccc2-c2ccccc21)C(=O)N1CCC[C@@H](C(=O)O)C1)OCc1ccccc1. The Bertz CT molecular complexity index is 1380. The van der Waals surface area contributed by atoms with Crippen LogP contribution in [0.25, 0.3) is 11.1 Å². The van der Waals surface area contributed by atoms with E-state index in [9.17, 15) is 24.3 Å². The minimum atomic E-state index is -1.26. The second-order valence-corrected chi connectivity index (χ2v) is 10.3. The monoisotopic (exact) mass is 556 g/mol. The first kappa shape index (κ1) is 27.9. The molecule has 2 amide bonds. The molecule has 0 bridgehead atoms. The van der Waals surface area contributed by atoms with Crippen LogP contribution < -0.4 is 5.32 Å². The van der Waals surface area contributed by atoms with Crippen LogP contribution in [0.2, 0.25) is 0 Å². The summed E-state index contributed by atoms with van der Waals surface area (Å²) in [6, 6.07) is 23.7. The number of ether oxygens (including phenoxy) is 2. The van der Waals surface area contributed by atoms with Gasteiger partial charge in [-0.15, -0.1) is 0 Å². The van der Waals surface area contributed by atoms with E-state index in [2.05, 4.69) is 5.32 Å². The lowest BCUT2D eigenvalue weighted by Gasteiger charge is -2.33. The summed E-state index contributed by atoms with van der Waals surface area (Å²) in [5.74, 6) is -3.06. The summed E-state index contributed by atoms with van der Waals surface area (Å²) >= 11 is 0. The van der Waals surface area contributed by atoms with Crippen molar-refractivity contribution in [2.24, 2.45) is 5.92 Å². The molecule has 9 nitrogen and oxygen atoms in total. The van der Waals surface area contributed by atoms with Gasteiger partial charge in [-0.25, -0.2) is 4.79 Å². The molecule has 0 spiro atoms. The molecular weight excluding hydrogens is 524 g/mol. The van der Waals surface area contributed by atoms with Gasteiger partial charge in [0.25, 0.3) is 0 Å². The third-order valence-corrected chi connectivity index (χ3v) is 7.63. The lowest BCUT2D eigenvalue weighted by molar-refractivity contribution is -0.151. The number of aliphatic carboxylic acids is 1. The Hall–Kier alpha value is -4.66. The highest BCUT2D eigenvalue weighted by Gasteiger charge is 2.35. The lowest BCUT2D eigenvalue weighted by Crippen LogP contribution is -2.53. The molecule has 3 aromatic rings. The maximum atomic E-state index is 13.5. The zero-order valence-corrected chi connectivity index (χ0v) is 22.5. The van der Waals surface area contributed by atoms with Gasteiger partial charge in [0.1, 0.15) is 19.3 Å². The minimum Gasteiger partial charge on any atom is -0.481 e. The summed E-state index contributed by atoms with van der Waals surface area (Å²) in [5, 5.41) is 12.0. The van der Waals surface area contributed by atoms with Gasteiger partial charge in [0.15, 0.2) is 0 Å². The summed E-state index contributed by atoms with van der Waals surface area (Å²) in [4.78, 5) is 52.1. The lowest BCUT2D eigenvalue weighted by atomic mass is 9.97. The van der Waals surface area contributed by atoms with Crippen molar-refractivity contribution >= 4 is 23.9 Å². The molecule has 1 saturated heterocycles. The number of carboxylic acid groups (broad SMARTS) is 1. The zero-order valence-electron chi connectivity index (χ0n) is 22.5. The van der Waals surface area contributed by atoms with Crippen molar-refractivity contribution in [3.05, 3.63) is 95.6 Å². The average Bonchev–Trinajstić information content (AvgIpc) is 3.32. The van der Waals surface area contributed by atoms with Crippen molar-refractivity contribution < 1.29 is 33.8 Å². The molecule has 2 aliphatic rings. The van der Waals surface area contributed by atoms with Crippen LogP contribution in [0.5, 0.6) is 0 Å². The van der Waals surface area contributed by atoms with Crippen molar-refractivity contribution in [2.75, 3.05) is 19.7 Å². The third-order valence-electron chi connectivity index (χ3n) is 7.63. The Morgan fingerprint density at radius 1 is 0.878 bits per heavy atom. The molecule has 1 aliphatic heterocycles. The molecule has 2 N–H and O–H groups in total. The van der Waals surface area contributed by atoms with E-state index in [0.29, 0.717) is 19.4 Å². The number of nitrogens with one attached hydrogen (secondary N) is 1. The van der Waals surface area contributed by atoms with Crippen LogP contribution in [0.15, 0.2) is 78.9 Å². The first-order chi connectivity index (χ1) is 19.9. The van der Waals surface area contributed by atoms with Crippen molar-refractivity contribution in [2.45, 2.75) is 37.8 Å². The van der Waals surface area contributed by atoms with E-state index < -0.39 is 42.3 Å². The summed E-state index contributed by atoms with van der Waals surface area (Å²) in [6.07, 6.45) is -0.279.